The van der Waals surface area contributed by atoms with Crippen LogP contribution in [0.5, 0.6) is 0 Å². The Morgan fingerprint density at radius 3 is 2.89 bits per heavy atom. The van der Waals surface area contributed by atoms with Crippen molar-refractivity contribution in [2.45, 2.75) is 18.9 Å². The summed E-state index contributed by atoms with van der Waals surface area (Å²) in [6.07, 6.45) is 4.51. The van der Waals surface area contributed by atoms with Crippen LogP contribution >= 0.6 is 0 Å². The van der Waals surface area contributed by atoms with Gasteiger partial charge in [-0.05, 0) is 26.3 Å². The van der Waals surface area contributed by atoms with E-state index >= 15 is 0 Å². The van der Waals surface area contributed by atoms with Crippen LogP contribution in [0, 0.1) is 6.92 Å². The first-order valence-corrected chi connectivity index (χ1v) is 3.52. The molecule has 1 atom stereocenters. The van der Waals surface area contributed by atoms with Crippen molar-refractivity contribution in [1.29, 1.82) is 0 Å². The first kappa shape index (κ1) is 6.81. The van der Waals surface area contributed by atoms with E-state index in [0.717, 1.165) is 6.54 Å². The first-order valence-electron chi connectivity index (χ1n) is 3.52. The molecule has 1 aliphatic rings. The van der Waals surface area contributed by atoms with Crippen LogP contribution in [-0.4, -0.2) is 24.0 Å². The summed E-state index contributed by atoms with van der Waals surface area (Å²) >= 11 is 0. The molecule has 1 aliphatic heterocycles. The highest BCUT2D eigenvalue weighted by Gasteiger charge is 2.17. The van der Waals surface area contributed by atoms with E-state index in [1.54, 1.807) is 0 Å². The third kappa shape index (κ3) is 1.55. The highest BCUT2D eigenvalue weighted by atomic mass is 15.2. The minimum atomic E-state index is 0.544. The molecular formula is C8H14N. The zero-order valence-electron chi connectivity index (χ0n) is 5.84. The fraction of sp³-hybridized carbons (Fsp3) is 0.625. The molecule has 0 bridgehead atoms. The molecule has 0 aliphatic carbocycles. The third-order valence-corrected chi connectivity index (χ3v) is 1.86. The van der Waals surface area contributed by atoms with Crippen LogP contribution in [0.2, 0.25) is 0 Å². The number of likely N-dealkylation sites (tertiary alicyclic amines) is 1. The van der Waals surface area contributed by atoms with E-state index in [0.29, 0.717) is 6.04 Å². The summed E-state index contributed by atoms with van der Waals surface area (Å²) in [5.74, 6) is 0. The Morgan fingerprint density at radius 1 is 1.67 bits per heavy atom. The second-order valence-electron chi connectivity index (χ2n) is 2.58. The van der Waals surface area contributed by atoms with E-state index in [-0.39, 0.29) is 0 Å². The standard InChI is InChI=1S/C8H14N/c1-3-6-9-7-4-5-8(9)2/h3,8H,1-2,4-7H2. The SMILES string of the molecule is [CH2]C1CCCN1CC=C. The molecule has 0 amide bonds. The molecule has 1 fully saturated rings. The van der Waals surface area contributed by atoms with Crippen molar-refractivity contribution in [3.05, 3.63) is 19.6 Å². The van der Waals surface area contributed by atoms with Gasteiger partial charge in [0.05, 0.1) is 0 Å². The maximum absolute atomic E-state index is 4.02. The van der Waals surface area contributed by atoms with Crippen molar-refractivity contribution in [3.63, 3.8) is 0 Å². The minimum Gasteiger partial charge on any atom is -0.297 e. The second kappa shape index (κ2) is 3.02. The van der Waals surface area contributed by atoms with E-state index in [4.69, 9.17) is 0 Å². The summed E-state index contributed by atoms with van der Waals surface area (Å²) in [4.78, 5) is 2.35. The van der Waals surface area contributed by atoms with Crippen LogP contribution in [0.3, 0.4) is 0 Å². The van der Waals surface area contributed by atoms with Crippen LogP contribution in [-0.2, 0) is 0 Å². The fourth-order valence-corrected chi connectivity index (χ4v) is 1.30. The van der Waals surface area contributed by atoms with Crippen molar-refractivity contribution < 1.29 is 0 Å². The molecule has 1 nitrogen and oxygen atoms in total. The summed E-state index contributed by atoms with van der Waals surface area (Å²) in [5, 5.41) is 0. The van der Waals surface area contributed by atoms with Gasteiger partial charge >= 0.3 is 0 Å². The van der Waals surface area contributed by atoms with Crippen LogP contribution < -0.4 is 0 Å². The van der Waals surface area contributed by atoms with Gasteiger partial charge in [0.15, 0.2) is 0 Å². The Balaban J connectivity index is 2.30. The summed E-state index contributed by atoms with van der Waals surface area (Å²) in [6, 6.07) is 0.544. The van der Waals surface area contributed by atoms with Gasteiger partial charge in [-0.2, -0.15) is 0 Å². The molecule has 0 saturated carbocycles. The molecule has 0 aromatic rings. The predicted molar refractivity (Wildman–Crippen MR) is 40.1 cm³/mol. The largest absolute Gasteiger partial charge is 0.297 e. The number of hydrogen-bond donors (Lipinski definition) is 0. The van der Waals surface area contributed by atoms with Gasteiger partial charge in [-0.15, -0.1) is 6.58 Å². The molecule has 1 radical (unpaired) electrons. The first-order chi connectivity index (χ1) is 4.34. The molecule has 9 heavy (non-hydrogen) atoms. The molecule has 1 rings (SSSR count). The predicted octanol–water partition coefficient (Wildman–Crippen LogP) is 1.47. The van der Waals surface area contributed by atoms with Crippen molar-refractivity contribution in [2.75, 3.05) is 13.1 Å². The van der Waals surface area contributed by atoms with Crippen molar-refractivity contribution in [2.24, 2.45) is 0 Å². The van der Waals surface area contributed by atoms with Gasteiger partial charge in [-0.1, -0.05) is 6.08 Å². The van der Waals surface area contributed by atoms with E-state index in [2.05, 4.69) is 18.4 Å². The van der Waals surface area contributed by atoms with Gasteiger partial charge in [-0.3, -0.25) is 4.90 Å². The lowest BCUT2D eigenvalue weighted by molar-refractivity contribution is 0.320. The molecular weight excluding hydrogens is 110 g/mol. The number of rotatable bonds is 2. The fourth-order valence-electron chi connectivity index (χ4n) is 1.30. The summed E-state index contributed by atoms with van der Waals surface area (Å²) < 4.78 is 0. The van der Waals surface area contributed by atoms with Crippen molar-refractivity contribution in [3.8, 4) is 0 Å². The highest BCUT2D eigenvalue weighted by molar-refractivity contribution is 4.85. The molecule has 51 valence electrons. The third-order valence-electron chi connectivity index (χ3n) is 1.86. The maximum Gasteiger partial charge on any atom is 0.0163 e. The Labute approximate surface area is 57.4 Å². The summed E-state index contributed by atoms with van der Waals surface area (Å²) in [7, 11) is 0. The van der Waals surface area contributed by atoms with Crippen molar-refractivity contribution in [1.82, 2.24) is 4.90 Å². The molecule has 0 N–H and O–H groups in total. The van der Waals surface area contributed by atoms with Crippen LogP contribution in [0.4, 0.5) is 0 Å². The Bertz CT molecular complexity index is 98.7. The lowest BCUT2D eigenvalue weighted by Crippen LogP contribution is -2.26. The zero-order chi connectivity index (χ0) is 6.69. The average Bonchev–Trinajstić information content (AvgIpc) is 2.18. The van der Waals surface area contributed by atoms with Gasteiger partial charge in [0, 0.05) is 12.6 Å². The molecule has 1 heteroatoms. The van der Waals surface area contributed by atoms with E-state index in [1.165, 1.54) is 19.4 Å². The molecule has 0 aromatic carbocycles. The Kier molecular flexibility index (Phi) is 2.29. The lowest BCUT2D eigenvalue weighted by atomic mass is 10.2. The van der Waals surface area contributed by atoms with Crippen molar-refractivity contribution >= 4 is 0 Å². The topological polar surface area (TPSA) is 3.24 Å². The van der Waals surface area contributed by atoms with Gasteiger partial charge in [0.25, 0.3) is 0 Å². The van der Waals surface area contributed by atoms with E-state index in [9.17, 15) is 0 Å². The van der Waals surface area contributed by atoms with E-state index < -0.39 is 0 Å². The monoisotopic (exact) mass is 124 g/mol. The number of hydrogen-bond acceptors (Lipinski definition) is 1. The number of nitrogens with zero attached hydrogens (tertiary/aromatic N) is 1. The molecule has 1 heterocycles. The minimum absolute atomic E-state index is 0.544. The van der Waals surface area contributed by atoms with Gasteiger partial charge < -0.3 is 0 Å². The highest BCUT2D eigenvalue weighted by Crippen LogP contribution is 2.14. The second-order valence-corrected chi connectivity index (χ2v) is 2.58. The average molecular weight is 124 g/mol. The molecule has 1 unspecified atom stereocenters. The molecule has 0 aromatic heterocycles. The van der Waals surface area contributed by atoms with Crippen LogP contribution in [0.15, 0.2) is 12.7 Å². The Morgan fingerprint density at radius 2 is 2.44 bits per heavy atom. The zero-order valence-corrected chi connectivity index (χ0v) is 5.84. The Hall–Kier alpha value is -0.300. The maximum atomic E-state index is 4.02. The molecule has 0 spiro atoms. The van der Waals surface area contributed by atoms with Crippen LogP contribution in [0.1, 0.15) is 12.8 Å². The van der Waals surface area contributed by atoms with Gasteiger partial charge in [0.2, 0.25) is 0 Å². The van der Waals surface area contributed by atoms with Crippen LogP contribution in [0.25, 0.3) is 0 Å². The smallest absolute Gasteiger partial charge is 0.0163 e. The normalized spacial score (nSPS) is 28.8. The van der Waals surface area contributed by atoms with E-state index in [1.807, 2.05) is 6.08 Å². The summed E-state index contributed by atoms with van der Waals surface area (Å²) in [5.41, 5.74) is 0. The summed E-state index contributed by atoms with van der Waals surface area (Å²) in [6.45, 7) is 9.92. The van der Waals surface area contributed by atoms with Gasteiger partial charge in [0.1, 0.15) is 0 Å². The lowest BCUT2D eigenvalue weighted by Gasteiger charge is -2.17. The van der Waals surface area contributed by atoms with Gasteiger partial charge in [-0.25, -0.2) is 0 Å². The molecule has 1 saturated heterocycles. The quantitative estimate of drug-likeness (QED) is 0.504.